The van der Waals surface area contributed by atoms with Crippen LogP contribution in [0.3, 0.4) is 0 Å². The number of amides is 1. The first-order valence-electron chi connectivity index (χ1n) is 5.87. The standard InChI is InChI=1S/C12H18N4O/c1-15(10-4-5-14-11(13)8-10)9-12(17)16-6-2-3-7-16/h4-5,8H,2-3,6-7,9H2,1H3,(H2,13,14). The second kappa shape index (κ2) is 5.03. The maximum absolute atomic E-state index is 12.0. The Morgan fingerprint density at radius 2 is 2.24 bits per heavy atom. The van der Waals surface area contributed by atoms with Gasteiger partial charge in [-0.15, -0.1) is 0 Å². The van der Waals surface area contributed by atoms with E-state index < -0.39 is 0 Å². The summed E-state index contributed by atoms with van der Waals surface area (Å²) in [5.74, 6) is 0.656. The van der Waals surface area contributed by atoms with Crippen LogP contribution in [0.15, 0.2) is 18.3 Å². The Morgan fingerprint density at radius 1 is 1.53 bits per heavy atom. The highest BCUT2D eigenvalue weighted by Crippen LogP contribution is 2.15. The van der Waals surface area contributed by atoms with Gasteiger partial charge in [-0.25, -0.2) is 4.98 Å². The summed E-state index contributed by atoms with van der Waals surface area (Å²) in [6.07, 6.45) is 3.90. The first-order valence-corrected chi connectivity index (χ1v) is 5.87. The number of likely N-dealkylation sites (tertiary alicyclic amines) is 1. The van der Waals surface area contributed by atoms with Crippen LogP contribution in [-0.4, -0.2) is 42.5 Å². The lowest BCUT2D eigenvalue weighted by atomic mass is 10.3. The maximum Gasteiger partial charge on any atom is 0.242 e. The van der Waals surface area contributed by atoms with Crippen LogP contribution < -0.4 is 10.6 Å². The Bertz CT molecular complexity index is 401. The lowest BCUT2D eigenvalue weighted by molar-refractivity contribution is -0.128. The fraction of sp³-hybridized carbons (Fsp3) is 0.500. The van der Waals surface area contributed by atoms with Gasteiger partial charge in [-0.1, -0.05) is 0 Å². The van der Waals surface area contributed by atoms with Crippen molar-refractivity contribution in [2.24, 2.45) is 0 Å². The van der Waals surface area contributed by atoms with Crippen LogP contribution in [-0.2, 0) is 4.79 Å². The maximum atomic E-state index is 12.0. The molecule has 0 bridgehead atoms. The second-order valence-electron chi connectivity index (χ2n) is 4.38. The van der Waals surface area contributed by atoms with Gasteiger partial charge in [0.2, 0.25) is 5.91 Å². The number of hydrogen-bond acceptors (Lipinski definition) is 4. The summed E-state index contributed by atoms with van der Waals surface area (Å²) in [7, 11) is 1.89. The van der Waals surface area contributed by atoms with Crippen molar-refractivity contribution in [1.82, 2.24) is 9.88 Å². The zero-order valence-corrected chi connectivity index (χ0v) is 10.1. The Kier molecular flexibility index (Phi) is 3.46. The van der Waals surface area contributed by atoms with E-state index in [4.69, 9.17) is 5.73 Å². The number of nitrogens with two attached hydrogens (primary N) is 1. The van der Waals surface area contributed by atoms with Crippen LogP contribution in [0.1, 0.15) is 12.8 Å². The summed E-state index contributed by atoms with van der Waals surface area (Å²) in [6, 6.07) is 3.63. The van der Waals surface area contributed by atoms with Gasteiger partial charge >= 0.3 is 0 Å². The van der Waals surface area contributed by atoms with E-state index in [9.17, 15) is 4.79 Å². The quantitative estimate of drug-likeness (QED) is 0.837. The van der Waals surface area contributed by atoms with Crippen LogP contribution >= 0.6 is 0 Å². The fourth-order valence-corrected chi connectivity index (χ4v) is 2.03. The number of hydrogen-bond donors (Lipinski definition) is 1. The minimum absolute atomic E-state index is 0.181. The fourth-order valence-electron chi connectivity index (χ4n) is 2.03. The van der Waals surface area contributed by atoms with Crippen LogP contribution in [0.25, 0.3) is 0 Å². The highest BCUT2D eigenvalue weighted by Gasteiger charge is 2.19. The minimum Gasteiger partial charge on any atom is -0.384 e. The molecule has 0 unspecified atom stereocenters. The van der Waals surface area contributed by atoms with Crippen molar-refractivity contribution in [1.29, 1.82) is 0 Å². The van der Waals surface area contributed by atoms with E-state index in [1.165, 1.54) is 0 Å². The summed E-state index contributed by atoms with van der Waals surface area (Å²) in [5.41, 5.74) is 6.54. The topological polar surface area (TPSA) is 62.5 Å². The van der Waals surface area contributed by atoms with E-state index in [1.54, 1.807) is 12.3 Å². The van der Waals surface area contributed by atoms with Gasteiger partial charge in [0.05, 0.1) is 6.54 Å². The molecule has 0 radical (unpaired) electrons. The van der Waals surface area contributed by atoms with Gasteiger partial charge in [0, 0.05) is 38.1 Å². The largest absolute Gasteiger partial charge is 0.384 e. The van der Waals surface area contributed by atoms with Gasteiger partial charge in [0.25, 0.3) is 0 Å². The van der Waals surface area contributed by atoms with Gasteiger partial charge in [-0.3, -0.25) is 4.79 Å². The Hall–Kier alpha value is -1.78. The number of aromatic nitrogens is 1. The highest BCUT2D eigenvalue weighted by atomic mass is 16.2. The van der Waals surface area contributed by atoms with Gasteiger partial charge in [-0.2, -0.15) is 0 Å². The van der Waals surface area contributed by atoms with Crippen LogP contribution in [0.4, 0.5) is 11.5 Å². The summed E-state index contributed by atoms with van der Waals surface area (Å²) in [6.45, 7) is 2.18. The van der Waals surface area contributed by atoms with E-state index in [1.807, 2.05) is 22.9 Å². The first-order chi connectivity index (χ1) is 8.16. The summed E-state index contributed by atoms with van der Waals surface area (Å²) in [4.78, 5) is 19.7. The molecule has 92 valence electrons. The lowest BCUT2D eigenvalue weighted by Crippen LogP contribution is -2.37. The van der Waals surface area contributed by atoms with E-state index in [-0.39, 0.29) is 5.91 Å². The van der Waals surface area contributed by atoms with Crippen molar-refractivity contribution in [3.05, 3.63) is 18.3 Å². The Morgan fingerprint density at radius 3 is 2.88 bits per heavy atom. The molecule has 1 aliphatic heterocycles. The average Bonchev–Trinajstić information content (AvgIpc) is 2.82. The monoisotopic (exact) mass is 234 g/mol. The molecule has 5 nitrogen and oxygen atoms in total. The Labute approximate surface area is 101 Å². The molecule has 2 N–H and O–H groups in total. The number of carbonyl (C=O) groups is 1. The van der Waals surface area contributed by atoms with E-state index in [2.05, 4.69) is 4.98 Å². The third-order valence-corrected chi connectivity index (χ3v) is 3.04. The van der Waals surface area contributed by atoms with Crippen LogP contribution in [0.2, 0.25) is 0 Å². The van der Waals surface area contributed by atoms with Crippen molar-refractivity contribution in [3.63, 3.8) is 0 Å². The van der Waals surface area contributed by atoms with Crippen LogP contribution in [0, 0.1) is 0 Å². The molecule has 1 amide bonds. The van der Waals surface area contributed by atoms with Gasteiger partial charge in [0.1, 0.15) is 5.82 Å². The van der Waals surface area contributed by atoms with Crippen molar-refractivity contribution < 1.29 is 4.79 Å². The normalized spacial score (nSPS) is 15.0. The average molecular weight is 234 g/mol. The highest BCUT2D eigenvalue weighted by molar-refractivity contribution is 5.81. The molecule has 0 aliphatic carbocycles. The molecule has 2 heterocycles. The second-order valence-corrected chi connectivity index (χ2v) is 4.38. The van der Waals surface area contributed by atoms with Crippen molar-refractivity contribution in [2.45, 2.75) is 12.8 Å². The Balaban J connectivity index is 1.96. The predicted molar refractivity (Wildman–Crippen MR) is 67.7 cm³/mol. The van der Waals surface area contributed by atoms with Crippen molar-refractivity contribution in [3.8, 4) is 0 Å². The number of nitrogens with zero attached hydrogens (tertiary/aromatic N) is 3. The molecule has 0 atom stereocenters. The van der Waals surface area contributed by atoms with E-state index in [0.29, 0.717) is 12.4 Å². The summed E-state index contributed by atoms with van der Waals surface area (Å²) < 4.78 is 0. The van der Waals surface area contributed by atoms with Crippen LogP contribution in [0.5, 0.6) is 0 Å². The zero-order valence-electron chi connectivity index (χ0n) is 10.1. The number of anilines is 2. The molecular weight excluding hydrogens is 216 g/mol. The van der Waals surface area contributed by atoms with Gasteiger partial charge in [0.15, 0.2) is 0 Å². The third-order valence-electron chi connectivity index (χ3n) is 3.04. The minimum atomic E-state index is 0.181. The number of carbonyl (C=O) groups excluding carboxylic acids is 1. The molecule has 17 heavy (non-hydrogen) atoms. The molecule has 0 saturated carbocycles. The molecule has 0 spiro atoms. The smallest absolute Gasteiger partial charge is 0.242 e. The van der Waals surface area contributed by atoms with Gasteiger partial charge < -0.3 is 15.5 Å². The molecule has 1 fully saturated rings. The van der Waals surface area contributed by atoms with Crippen molar-refractivity contribution >= 4 is 17.4 Å². The number of rotatable bonds is 3. The predicted octanol–water partition coefficient (Wildman–Crippen LogP) is 0.722. The van der Waals surface area contributed by atoms with Gasteiger partial charge in [-0.05, 0) is 18.9 Å². The molecule has 5 heteroatoms. The first kappa shape index (κ1) is 11.7. The lowest BCUT2D eigenvalue weighted by Gasteiger charge is -2.22. The molecule has 1 aromatic heterocycles. The number of likely N-dealkylation sites (N-methyl/N-ethyl adjacent to an activating group) is 1. The van der Waals surface area contributed by atoms with Crippen molar-refractivity contribution in [2.75, 3.05) is 37.3 Å². The molecule has 2 rings (SSSR count). The number of nitrogen functional groups attached to an aromatic ring is 1. The molecule has 1 aliphatic rings. The summed E-state index contributed by atoms with van der Waals surface area (Å²) in [5, 5.41) is 0. The molecule has 1 saturated heterocycles. The summed E-state index contributed by atoms with van der Waals surface area (Å²) >= 11 is 0. The van der Waals surface area contributed by atoms with E-state index in [0.717, 1.165) is 31.6 Å². The number of pyridine rings is 1. The SMILES string of the molecule is CN(CC(=O)N1CCCC1)c1ccnc(N)c1. The third kappa shape index (κ3) is 2.87. The molecule has 1 aromatic rings. The molecular formula is C12H18N4O. The van der Waals surface area contributed by atoms with E-state index >= 15 is 0 Å². The zero-order chi connectivity index (χ0) is 12.3. The molecule has 0 aromatic carbocycles.